The molecular weight excluding hydrogens is 166 g/mol. The van der Waals surface area contributed by atoms with Crippen molar-refractivity contribution in [3.8, 4) is 6.07 Å². The lowest BCUT2D eigenvalue weighted by Gasteiger charge is -2.00. The SMILES string of the molecule is CC#N.CC(C)COC(=O)Cl. The molecule has 0 fully saturated rings. The fraction of sp³-hybridized carbons (Fsp3) is 0.714. The lowest BCUT2D eigenvalue weighted by atomic mass is 10.2. The zero-order valence-electron chi connectivity index (χ0n) is 6.93. The highest BCUT2D eigenvalue weighted by molar-refractivity contribution is 6.61. The molecule has 3 nitrogen and oxygen atoms in total. The summed E-state index contributed by atoms with van der Waals surface area (Å²) >= 11 is 4.86. The molecule has 0 radical (unpaired) electrons. The van der Waals surface area contributed by atoms with Gasteiger partial charge < -0.3 is 4.74 Å². The first-order valence-electron chi connectivity index (χ1n) is 3.17. The molecule has 0 aliphatic heterocycles. The van der Waals surface area contributed by atoms with Gasteiger partial charge in [-0.25, -0.2) is 4.79 Å². The van der Waals surface area contributed by atoms with Crippen molar-refractivity contribution in [3.05, 3.63) is 0 Å². The summed E-state index contributed by atoms with van der Waals surface area (Å²) in [6.07, 6.45) is 0. The molecule has 0 heterocycles. The van der Waals surface area contributed by atoms with Crippen LogP contribution in [0.3, 0.4) is 0 Å². The molecule has 0 rings (SSSR count). The third-order valence-electron chi connectivity index (χ3n) is 0.530. The Bertz CT molecular complexity index is 140. The molecule has 64 valence electrons. The van der Waals surface area contributed by atoms with Crippen LogP contribution < -0.4 is 0 Å². The number of hydrogen-bond acceptors (Lipinski definition) is 3. The van der Waals surface area contributed by atoms with E-state index in [2.05, 4.69) is 4.74 Å². The average molecular weight is 178 g/mol. The first-order valence-corrected chi connectivity index (χ1v) is 3.55. The van der Waals surface area contributed by atoms with Crippen LogP contribution in [0, 0.1) is 17.2 Å². The molecule has 0 atom stereocenters. The molecule has 0 unspecified atom stereocenters. The van der Waals surface area contributed by atoms with E-state index >= 15 is 0 Å². The monoisotopic (exact) mass is 177 g/mol. The Balaban J connectivity index is 0. The second-order valence-electron chi connectivity index (χ2n) is 2.17. The van der Waals surface area contributed by atoms with Gasteiger partial charge in [0.2, 0.25) is 0 Å². The molecule has 0 saturated heterocycles. The van der Waals surface area contributed by atoms with Gasteiger partial charge >= 0.3 is 5.43 Å². The molecule has 4 heteroatoms. The molecule has 0 spiro atoms. The van der Waals surface area contributed by atoms with Crippen LogP contribution in [0.25, 0.3) is 0 Å². The van der Waals surface area contributed by atoms with Crippen molar-refractivity contribution in [1.82, 2.24) is 0 Å². The Morgan fingerprint density at radius 1 is 1.73 bits per heavy atom. The lowest BCUT2D eigenvalue weighted by molar-refractivity contribution is 0.159. The predicted octanol–water partition coefficient (Wildman–Crippen LogP) is 2.55. The number of hydrogen-bond donors (Lipinski definition) is 0. The van der Waals surface area contributed by atoms with Crippen molar-refractivity contribution < 1.29 is 9.53 Å². The van der Waals surface area contributed by atoms with E-state index in [1.54, 1.807) is 6.07 Å². The highest BCUT2D eigenvalue weighted by Crippen LogP contribution is 1.94. The minimum absolute atomic E-state index is 0.359. The average Bonchev–Trinajstić information content (AvgIpc) is 1.85. The van der Waals surface area contributed by atoms with Crippen LogP contribution in [-0.2, 0) is 4.74 Å². The zero-order valence-corrected chi connectivity index (χ0v) is 7.68. The summed E-state index contributed by atoms with van der Waals surface area (Å²) in [6, 6.07) is 1.75. The molecule has 0 aromatic carbocycles. The molecule has 0 bridgehead atoms. The van der Waals surface area contributed by atoms with Gasteiger partial charge in [-0.1, -0.05) is 13.8 Å². The van der Waals surface area contributed by atoms with Gasteiger partial charge in [0, 0.05) is 18.5 Å². The Kier molecular flexibility index (Phi) is 10.8. The smallest absolute Gasteiger partial charge is 0.403 e. The van der Waals surface area contributed by atoms with Gasteiger partial charge in [-0.3, -0.25) is 0 Å². The van der Waals surface area contributed by atoms with E-state index in [-0.39, 0.29) is 0 Å². The molecule has 0 amide bonds. The Morgan fingerprint density at radius 3 is 2.18 bits per heavy atom. The molecular formula is C7H12ClNO2. The molecule has 0 saturated carbocycles. The van der Waals surface area contributed by atoms with E-state index in [0.717, 1.165) is 0 Å². The van der Waals surface area contributed by atoms with Crippen molar-refractivity contribution in [2.75, 3.05) is 6.61 Å². The van der Waals surface area contributed by atoms with Crippen LogP contribution >= 0.6 is 11.6 Å². The Labute approximate surface area is 71.9 Å². The normalized spacial score (nSPS) is 7.64. The number of nitrogens with zero attached hydrogens (tertiary/aromatic N) is 1. The highest BCUT2D eigenvalue weighted by Gasteiger charge is 1.96. The van der Waals surface area contributed by atoms with Crippen LogP contribution in [0.1, 0.15) is 20.8 Å². The fourth-order valence-electron chi connectivity index (χ4n) is 0.232. The third-order valence-corrected chi connectivity index (χ3v) is 0.639. The van der Waals surface area contributed by atoms with E-state index < -0.39 is 5.43 Å². The van der Waals surface area contributed by atoms with E-state index in [1.807, 2.05) is 13.8 Å². The van der Waals surface area contributed by atoms with Gasteiger partial charge in [0.05, 0.1) is 12.7 Å². The summed E-state index contributed by atoms with van der Waals surface area (Å²) in [6.45, 7) is 5.72. The number of carbonyl (C=O) groups excluding carboxylic acids is 1. The molecule has 0 aromatic rings. The van der Waals surface area contributed by atoms with Crippen LogP contribution in [0.2, 0.25) is 0 Å². The first-order chi connectivity index (χ1) is 5.04. The molecule has 0 N–H and O–H groups in total. The third kappa shape index (κ3) is 26.9. The number of nitriles is 1. The second kappa shape index (κ2) is 9.25. The maximum Gasteiger partial charge on any atom is 0.403 e. The quantitative estimate of drug-likeness (QED) is 0.609. The maximum absolute atomic E-state index is 9.89. The fourth-order valence-corrected chi connectivity index (χ4v) is 0.295. The minimum atomic E-state index is -0.723. The summed E-state index contributed by atoms with van der Waals surface area (Å²) in [4.78, 5) is 9.89. The summed E-state index contributed by atoms with van der Waals surface area (Å²) in [5, 5.41) is 7.32. The number of rotatable bonds is 2. The van der Waals surface area contributed by atoms with E-state index in [1.165, 1.54) is 6.92 Å². The summed E-state index contributed by atoms with van der Waals surface area (Å²) in [7, 11) is 0. The van der Waals surface area contributed by atoms with Gasteiger partial charge in [-0.05, 0) is 5.92 Å². The summed E-state index contributed by atoms with van der Waals surface area (Å²) in [5.41, 5.74) is -0.723. The predicted molar refractivity (Wildman–Crippen MR) is 43.3 cm³/mol. The lowest BCUT2D eigenvalue weighted by Crippen LogP contribution is -2.02. The molecule has 11 heavy (non-hydrogen) atoms. The van der Waals surface area contributed by atoms with Crippen LogP contribution in [0.5, 0.6) is 0 Å². The molecule has 0 aliphatic carbocycles. The van der Waals surface area contributed by atoms with E-state index in [4.69, 9.17) is 16.9 Å². The van der Waals surface area contributed by atoms with E-state index in [9.17, 15) is 4.79 Å². The van der Waals surface area contributed by atoms with Crippen molar-refractivity contribution in [1.29, 1.82) is 5.26 Å². The summed E-state index contributed by atoms with van der Waals surface area (Å²) < 4.78 is 4.43. The molecule has 0 aromatic heterocycles. The van der Waals surface area contributed by atoms with Gasteiger partial charge in [0.25, 0.3) is 0 Å². The van der Waals surface area contributed by atoms with Gasteiger partial charge in [0.1, 0.15) is 0 Å². The number of halogens is 1. The largest absolute Gasteiger partial charge is 0.453 e. The van der Waals surface area contributed by atoms with E-state index in [0.29, 0.717) is 12.5 Å². The van der Waals surface area contributed by atoms with Crippen molar-refractivity contribution in [2.45, 2.75) is 20.8 Å². The Morgan fingerprint density at radius 2 is 2.09 bits per heavy atom. The van der Waals surface area contributed by atoms with Crippen molar-refractivity contribution in [2.24, 2.45) is 5.92 Å². The zero-order chi connectivity index (χ0) is 9.28. The van der Waals surface area contributed by atoms with Crippen LogP contribution in [0.15, 0.2) is 0 Å². The molecule has 0 aliphatic rings. The highest BCUT2D eigenvalue weighted by atomic mass is 35.5. The summed E-state index contributed by atoms with van der Waals surface area (Å²) in [5.74, 6) is 0.359. The van der Waals surface area contributed by atoms with Crippen LogP contribution in [-0.4, -0.2) is 12.0 Å². The van der Waals surface area contributed by atoms with Crippen molar-refractivity contribution in [3.63, 3.8) is 0 Å². The van der Waals surface area contributed by atoms with Gasteiger partial charge in [0.15, 0.2) is 0 Å². The second-order valence-corrected chi connectivity index (χ2v) is 2.47. The van der Waals surface area contributed by atoms with Crippen molar-refractivity contribution >= 4 is 17.0 Å². The Hall–Kier alpha value is -0.750. The minimum Gasteiger partial charge on any atom is -0.453 e. The van der Waals surface area contributed by atoms with Gasteiger partial charge in [-0.15, -0.1) is 0 Å². The number of carbonyl (C=O) groups is 1. The number of ether oxygens (including phenoxy) is 1. The topological polar surface area (TPSA) is 50.1 Å². The maximum atomic E-state index is 9.89. The van der Waals surface area contributed by atoms with Gasteiger partial charge in [-0.2, -0.15) is 5.26 Å². The first kappa shape index (κ1) is 12.9. The standard InChI is InChI=1S/C5H9ClO2.C2H3N/c1-4(2)3-8-5(6)7;1-2-3/h4H,3H2,1-2H3;1H3. The van der Waals surface area contributed by atoms with Crippen LogP contribution in [0.4, 0.5) is 4.79 Å².